The molecule has 0 aliphatic carbocycles. The molecule has 4 nitrogen and oxygen atoms in total. The van der Waals surface area contributed by atoms with E-state index in [2.05, 4.69) is 4.90 Å². The molecular formula is C9H18N2O2S. The van der Waals surface area contributed by atoms with E-state index in [-0.39, 0.29) is 11.2 Å². The first kappa shape index (κ1) is 10.4. The maximum absolute atomic E-state index is 11.2. The van der Waals surface area contributed by atoms with E-state index < -0.39 is 10.0 Å². The lowest BCUT2D eigenvalue weighted by molar-refractivity contribution is 0.0548. The lowest BCUT2D eigenvalue weighted by atomic mass is 9.75. The molecule has 2 N–H and O–H groups in total. The number of sulfonamides is 1. The van der Waals surface area contributed by atoms with E-state index in [1.807, 2.05) is 0 Å². The fourth-order valence-corrected chi connectivity index (χ4v) is 4.23. The molecule has 0 aromatic rings. The van der Waals surface area contributed by atoms with Gasteiger partial charge in [0, 0.05) is 6.54 Å². The first-order valence-electron chi connectivity index (χ1n) is 5.22. The zero-order chi connectivity index (χ0) is 10.2. The average Bonchev–Trinajstić information content (AvgIpc) is 1.99. The summed E-state index contributed by atoms with van der Waals surface area (Å²) < 4.78 is 22.3. The third kappa shape index (κ3) is 2.27. The first-order valence-corrected chi connectivity index (χ1v) is 6.94. The standard InChI is InChI=1S/C9H18N2O2S/c10-14(12,13)8-9-3-1-5-11(7-9)6-2-4-9/h1-8H2,(H2,10,12,13). The van der Waals surface area contributed by atoms with Crippen LogP contribution in [0, 0.1) is 5.41 Å². The van der Waals surface area contributed by atoms with Crippen LogP contribution in [0.4, 0.5) is 0 Å². The van der Waals surface area contributed by atoms with Crippen molar-refractivity contribution in [2.75, 3.05) is 25.4 Å². The fraction of sp³-hybridized carbons (Fsp3) is 1.00. The molecule has 0 aromatic carbocycles. The molecule has 0 spiro atoms. The van der Waals surface area contributed by atoms with Gasteiger partial charge in [0.25, 0.3) is 0 Å². The number of rotatable bonds is 2. The van der Waals surface area contributed by atoms with Gasteiger partial charge < -0.3 is 4.90 Å². The topological polar surface area (TPSA) is 63.4 Å². The normalized spacial score (nSPS) is 38.2. The van der Waals surface area contributed by atoms with Crippen LogP contribution in [0.5, 0.6) is 0 Å². The van der Waals surface area contributed by atoms with Crippen LogP contribution in [0.25, 0.3) is 0 Å². The zero-order valence-electron chi connectivity index (χ0n) is 8.41. The average molecular weight is 218 g/mol. The monoisotopic (exact) mass is 218 g/mol. The Labute approximate surface area is 85.5 Å². The van der Waals surface area contributed by atoms with Crippen LogP contribution < -0.4 is 5.14 Å². The van der Waals surface area contributed by atoms with Crippen molar-refractivity contribution in [3.63, 3.8) is 0 Å². The third-order valence-electron chi connectivity index (χ3n) is 3.43. The number of piperidine rings is 2. The predicted octanol–water partition coefficient (Wildman–Crippen LogP) is 0.151. The molecule has 2 aliphatic rings. The van der Waals surface area contributed by atoms with Gasteiger partial charge in [0.05, 0.1) is 5.75 Å². The molecule has 0 saturated carbocycles. The van der Waals surface area contributed by atoms with Gasteiger partial charge >= 0.3 is 0 Å². The van der Waals surface area contributed by atoms with E-state index in [9.17, 15) is 8.42 Å². The summed E-state index contributed by atoms with van der Waals surface area (Å²) in [6.45, 7) is 3.20. The summed E-state index contributed by atoms with van der Waals surface area (Å²) in [5.74, 6) is 0.177. The number of nitrogens with two attached hydrogens (primary N) is 1. The van der Waals surface area contributed by atoms with Crippen molar-refractivity contribution in [3.05, 3.63) is 0 Å². The molecule has 2 fully saturated rings. The number of primary sulfonamides is 1. The Kier molecular flexibility index (Phi) is 2.57. The smallest absolute Gasteiger partial charge is 0.209 e. The second-order valence-electron chi connectivity index (χ2n) is 4.79. The van der Waals surface area contributed by atoms with Crippen molar-refractivity contribution >= 4 is 10.0 Å². The molecule has 2 rings (SSSR count). The maximum atomic E-state index is 11.2. The van der Waals surface area contributed by atoms with Gasteiger partial charge in [0.1, 0.15) is 0 Å². The van der Waals surface area contributed by atoms with Crippen LogP contribution >= 0.6 is 0 Å². The molecule has 0 unspecified atom stereocenters. The van der Waals surface area contributed by atoms with Crippen LogP contribution in [0.3, 0.4) is 0 Å². The van der Waals surface area contributed by atoms with Gasteiger partial charge in [0.2, 0.25) is 10.0 Å². The van der Waals surface area contributed by atoms with E-state index in [1.54, 1.807) is 0 Å². The molecule has 5 heteroatoms. The molecule has 14 heavy (non-hydrogen) atoms. The van der Waals surface area contributed by atoms with Crippen LogP contribution in [0.15, 0.2) is 0 Å². The highest BCUT2D eigenvalue weighted by Gasteiger charge is 2.40. The minimum Gasteiger partial charge on any atom is -0.303 e. The highest BCUT2D eigenvalue weighted by molar-refractivity contribution is 7.89. The summed E-state index contributed by atoms with van der Waals surface area (Å²) in [5, 5.41) is 5.15. The minimum absolute atomic E-state index is 0.0237. The highest BCUT2D eigenvalue weighted by Crippen LogP contribution is 2.38. The lowest BCUT2D eigenvalue weighted by Gasteiger charge is -2.46. The Hall–Kier alpha value is -0.130. The van der Waals surface area contributed by atoms with Crippen molar-refractivity contribution < 1.29 is 8.42 Å². The molecule has 2 bridgehead atoms. The Bertz CT molecular complexity index is 303. The number of fused-ring (bicyclic) bond motifs is 2. The van der Waals surface area contributed by atoms with Gasteiger partial charge in [-0.05, 0) is 44.2 Å². The summed E-state index contributed by atoms with van der Waals surface area (Å²) in [7, 11) is -3.31. The van der Waals surface area contributed by atoms with Crippen molar-refractivity contribution in [1.82, 2.24) is 4.90 Å². The number of hydrogen-bond acceptors (Lipinski definition) is 3. The second kappa shape index (κ2) is 3.47. The molecule has 2 aliphatic heterocycles. The Balaban J connectivity index is 2.13. The van der Waals surface area contributed by atoms with Gasteiger partial charge in [-0.3, -0.25) is 0 Å². The highest BCUT2D eigenvalue weighted by atomic mass is 32.2. The van der Waals surface area contributed by atoms with Crippen molar-refractivity contribution in [2.45, 2.75) is 25.7 Å². The summed E-state index contributed by atoms with van der Waals surface area (Å²) in [4.78, 5) is 2.37. The van der Waals surface area contributed by atoms with Gasteiger partial charge in [0.15, 0.2) is 0 Å². The SMILES string of the molecule is NS(=O)(=O)CC12CCCN(CCC1)C2. The largest absolute Gasteiger partial charge is 0.303 e. The fourth-order valence-electron chi connectivity index (χ4n) is 3.00. The Morgan fingerprint density at radius 1 is 1.21 bits per heavy atom. The number of nitrogens with zero attached hydrogens (tertiary/aromatic N) is 1. The number of hydrogen-bond donors (Lipinski definition) is 1. The summed E-state index contributed by atoms with van der Waals surface area (Å²) in [6, 6.07) is 0. The van der Waals surface area contributed by atoms with E-state index in [4.69, 9.17) is 5.14 Å². The van der Waals surface area contributed by atoms with Gasteiger partial charge in [-0.15, -0.1) is 0 Å². The lowest BCUT2D eigenvalue weighted by Crippen LogP contribution is -2.51. The van der Waals surface area contributed by atoms with E-state index in [0.717, 1.165) is 45.3 Å². The van der Waals surface area contributed by atoms with Crippen molar-refractivity contribution in [1.29, 1.82) is 0 Å². The van der Waals surface area contributed by atoms with Crippen LogP contribution in [0.2, 0.25) is 0 Å². The van der Waals surface area contributed by atoms with E-state index in [0.29, 0.717) is 0 Å². The van der Waals surface area contributed by atoms with Crippen LogP contribution in [-0.4, -0.2) is 38.7 Å². The molecule has 0 radical (unpaired) electrons. The van der Waals surface area contributed by atoms with Gasteiger partial charge in [-0.1, -0.05) is 0 Å². The summed E-state index contributed by atoms with van der Waals surface area (Å²) in [5.41, 5.74) is -0.0237. The Morgan fingerprint density at radius 2 is 1.79 bits per heavy atom. The van der Waals surface area contributed by atoms with Crippen molar-refractivity contribution in [2.24, 2.45) is 10.6 Å². The first-order chi connectivity index (χ1) is 6.49. The second-order valence-corrected chi connectivity index (χ2v) is 6.40. The molecule has 82 valence electrons. The van der Waals surface area contributed by atoms with Gasteiger partial charge in [-0.2, -0.15) is 0 Å². The molecule has 0 amide bonds. The zero-order valence-corrected chi connectivity index (χ0v) is 9.22. The molecule has 0 atom stereocenters. The van der Waals surface area contributed by atoms with Crippen LogP contribution in [-0.2, 0) is 10.0 Å². The van der Waals surface area contributed by atoms with Crippen molar-refractivity contribution in [3.8, 4) is 0 Å². The van der Waals surface area contributed by atoms with E-state index in [1.165, 1.54) is 0 Å². The quantitative estimate of drug-likeness (QED) is 0.717. The van der Waals surface area contributed by atoms with Crippen LogP contribution in [0.1, 0.15) is 25.7 Å². The summed E-state index contributed by atoms with van der Waals surface area (Å²) >= 11 is 0. The predicted molar refractivity (Wildman–Crippen MR) is 55.3 cm³/mol. The molecule has 2 heterocycles. The summed E-state index contributed by atoms with van der Waals surface area (Å²) in [6.07, 6.45) is 4.30. The molecular weight excluding hydrogens is 200 g/mol. The molecule has 0 aromatic heterocycles. The molecule has 2 saturated heterocycles. The maximum Gasteiger partial charge on any atom is 0.209 e. The van der Waals surface area contributed by atoms with E-state index >= 15 is 0 Å². The van der Waals surface area contributed by atoms with Gasteiger partial charge in [-0.25, -0.2) is 13.6 Å². The minimum atomic E-state index is -3.31. The third-order valence-corrected chi connectivity index (χ3v) is 4.44. The Morgan fingerprint density at radius 3 is 2.29 bits per heavy atom.